The number of nitrogens with one attached hydrogen (secondary N) is 4. The number of urea groups is 1. The van der Waals surface area contributed by atoms with Crippen molar-refractivity contribution >= 4 is 112 Å². The molecule has 80 heavy (non-hydrogen) atoms. The average molecular weight is 1200 g/mol. The molecule has 0 radical (unpaired) electrons. The number of anilines is 2. The number of imidazole rings is 2. The molecule has 0 aromatic carbocycles. The normalized spacial score (nSPS) is 28.9. The number of carbonyl (C=O) groups is 7. The van der Waals surface area contributed by atoms with Crippen LogP contribution >= 0.6 is 13.4 Å². The summed E-state index contributed by atoms with van der Waals surface area (Å²) in [5.74, 6) is -4.70. The molecule has 4 aromatic heterocycles. The van der Waals surface area contributed by atoms with Crippen molar-refractivity contribution in [3.8, 4) is 0 Å². The highest BCUT2D eigenvalue weighted by atomic mass is 32.5. The Labute approximate surface area is 464 Å². The van der Waals surface area contributed by atoms with Gasteiger partial charge in [0.25, 0.3) is 0 Å². The molecule has 10 N–H and O–H groups in total. The number of carbonyl (C=O) groups excluding carboxylic acids is 7. The highest BCUT2D eigenvalue weighted by Crippen LogP contribution is 2.55. The van der Waals surface area contributed by atoms with Gasteiger partial charge >= 0.3 is 19.5 Å². The summed E-state index contributed by atoms with van der Waals surface area (Å²) < 4.78 is 69.8. The van der Waals surface area contributed by atoms with Crippen LogP contribution in [0.1, 0.15) is 78.2 Å². The average Bonchev–Trinajstić information content (AvgIpc) is 4.40. The minimum Gasteiger partial charge on any atom is -0.382 e. The zero-order chi connectivity index (χ0) is 57.8. The van der Waals surface area contributed by atoms with Gasteiger partial charge in [0.2, 0.25) is 29.5 Å². The zero-order valence-electron chi connectivity index (χ0n) is 43.1. The molecule has 0 saturated carbocycles. The second-order valence-corrected chi connectivity index (χ2v) is 25.2. The molecule has 3 unspecified atom stereocenters. The lowest BCUT2D eigenvalue weighted by molar-refractivity contribution is -0.140. The van der Waals surface area contributed by atoms with Crippen LogP contribution in [-0.4, -0.2) is 171 Å². The van der Waals surface area contributed by atoms with Crippen molar-refractivity contribution in [1.82, 2.24) is 59.9 Å². The van der Waals surface area contributed by atoms with Crippen LogP contribution in [0.5, 0.6) is 0 Å². The number of alkyl halides is 2. The summed E-state index contributed by atoms with van der Waals surface area (Å²) in [5.41, 5.74) is 11.3. The molecule has 8 heterocycles. The van der Waals surface area contributed by atoms with Crippen LogP contribution in [0.4, 0.5) is 25.2 Å². The van der Waals surface area contributed by atoms with Crippen LogP contribution in [0.2, 0.25) is 0 Å². The van der Waals surface area contributed by atoms with Crippen molar-refractivity contribution in [2.24, 2.45) is 23.5 Å². The lowest BCUT2D eigenvalue weighted by atomic mass is 9.89. The summed E-state index contributed by atoms with van der Waals surface area (Å²) in [5, 5.41) is 10.5. The zero-order valence-corrected chi connectivity index (χ0v) is 46.5. The fourth-order valence-corrected chi connectivity index (χ4v) is 12.3. The van der Waals surface area contributed by atoms with Gasteiger partial charge in [-0.05, 0) is 48.8 Å². The van der Waals surface area contributed by atoms with E-state index in [4.69, 9.17) is 62.6 Å². The molecular formula is C44H59F2N15O15P2S2. The van der Waals surface area contributed by atoms with Crippen molar-refractivity contribution in [3.63, 3.8) is 0 Å². The van der Waals surface area contributed by atoms with Crippen LogP contribution in [0, 0.1) is 17.8 Å². The van der Waals surface area contributed by atoms with Gasteiger partial charge in [-0.2, -0.15) is 0 Å². The number of nitrogen functional groups attached to an aromatic ring is 1. The van der Waals surface area contributed by atoms with Crippen LogP contribution in [0.3, 0.4) is 0 Å². The van der Waals surface area contributed by atoms with Crippen LogP contribution in [-0.2, 0) is 79.9 Å². The first-order valence-corrected chi connectivity index (χ1v) is 30.4. The van der Waals surface area contributed by atoms with Crippen molar-refractivity contribution in [2.45, 2.75) is 121 Å². The molecule has 0 aliphatic carbocycles. The van der Waals surface area contributed by atoms with Crippen molar-refractivity contribution in [1.29, 1.82) is 0 Å². The number of Topliss-reactive ketones (excluding diaryl/α,β-unsaturated/α-hetero) is 1. The maximum absolute atomic E-state index is 16.7. The molecule has 4 saturated heterocycles. The highest BCUT2D eigenvalue weighted by molar-refractivity contribution is 8.07. The van der Waals surface area contributed by atoms with Gasteiger partial charge in [0.1, 0.15) is 42.6 Å². The smallest absolute Gasteiger partial charge is 0.325 e. The molecule has 36 heteroatoms. The molecule has 436 valence electrons. The third kappa shape index (κ3) is 14.1. The lowest BCUT2D eigenvalue weighted by Crippen LogP contribution is -2.47. The van der Waals surface area contributed by atoms with E-state index in [0.29, 0.717) is 0 Å². The molecule has 7 amide bonds. The minimum absolute atomic E-state index is 0.00578. The SMILES string of the molecule is CC1CC(=O)N(CCC(=O)N[C@H](C(=O)C[C@@H](CCCNC(N)=O)C(=O)NCCCC(=O)Nc2ncnc3c2ncn3[C@@H]2O[C@@H]3COP(O)(=S)O[C@H]4[C@@H](F)[C@H](n5cnc6c(N)ncnc65)O[C@@H]4COP(O)(=S)O[C@H]3[C@H]2F)C(C)C)C1=O. The number of nitrogens with zero attached hydrogens (tertiary/aromatic N) is 9. The Morgan fingerprint density at radius 2 is 1.39 bits per heavy atom. The van der Waals surface area contributed by atoms with Crippen LogP contribution < -0.4 is 32.7 Å². The molecule has 4 aliphatic heterocycles. The van der Waals surface area contributed by atoms with E-state index in [1.807, 2.05) is 0 Å². The van der Waals surface area contributed by atoms with E-state index < -0.39 is 129 Å². The number of fused-ring (bicyclic) bond motifs is 4. The van der Waals surface area contributed by atoms with Gasteiger partial charge in [-0.15, -0.1) is 0 Å². The number of primary amides is 1. The Kier molecular flexibility index (Phi) is 19.3. The van der Waals surface area contributed by atoms with E-state index in [1.165, 1.54) is 10.9 Å². The predicted octanol–water partition coefficient (Wildman–Crippen LogP) is 0.755. The molecule has 0 spiro atoms. The van der Waals surface area contributed by atoms with Gasteiger partial charge < -0.3 is 61.0 Å². The number of nitrogens with two attached hydrogens (primary N) is 2. The number of rotatable bonds is 20. The predicted molar refractivity (Wildman–Crippen MR) is 280 cm³/mol. The lowest BCUT2D eigenvalue weighted by Gasteiger charge is -2.29. The van der Waals surface area contributed by atoms with Gasteiger partial charge in [0.05, 0.1) is 31.9 Å². The number of amides is 7. The third-order valence-corrected chi connectivity index (χ3v) is 16.6. The fraction of sp³-hybridized carbons (Fsp3) is 0.614. The third-order valence-electron chi connectivity index (χ3n) is 13.5. The maximum atomic E-state index is 16.7. The number of ketones is 1. The number of likely N-dealkylation sites (tertiary alicyclic amines) is 1. The van der Waals surface area contributed by atoms with Gasteiger partial charge in [-0.25, -0.2) is 43.5 Å². The number of ether oxygens (including phenoxy) is 2. The second kappa shape index (κ2) is 25.6. The quantitative estimate of drug-likeness (QED) is 0.0344. The first-order valence-electron chi connectivity index (χ1n) is 25.2. The molecule has 4 fully saturated rings. The Morgan fingerprint density at radius 1 is 0.812 bits per heavy atom. The molecule has 8 rings (SSSR count). The maximum Gasteiger partial charge on any atom is 0.325 e. The largest absolute Gasteiger partial charge is 0.382 e. The Balaban J connectivity index is 0.861. The highest BCUT2D eigenvalue weighted by Gasteiger charge is 2.54. The Hall–Kier alpha value is -5.77. The molecular weight excluding hydrogens is 1140 g/mol. The van der Waals surface area contributed by atoms with Crippen molar-refractivity contribution < 1.29 is 79.7 Å². The summed E-state index contributed by atoms with van der Waals surface area (Å²) in [6, 6.07) is -1.78. The van der Waals surface area contributed by atoms with E-state index in [-0.39, 0.29) is 110 Å². The first-order chi connectivity index (χ1) is 37.9. The summed E-state index contributed by atoms with van der Waals surface area (Å²) in [6.45, 7) is -5.24. The van der Waals surface area contributed by atoms with Crippen LogP contribution in [0.25, 0.3) is 22.3 Å². The second-order valence-electron chi connectivity index (χ2n) is 19.6. The van der Waals surface area contributed by atoms with Gasteiger partial charge in [0, 0.05) is 57.2 Å². The summed E-state index contributed by atoms with van der Waals surface area (Å²) in [7, 11) is 0. The van der Waals surface area contributed by atoms with E-state index >= 15 is 8.78 Å². The van der Waals surface area contributed by atoms with Crippen molar-refractivity contribution in [2.75, 3.05) is 43.9 Å². The number of halogens is 2. The van der Waals surface area contributed by atoms with Gasteiger partial charge in [-0.1, -0.05) is 20.8 Å². The Bertz CT molecular complexity index is 3110. The summed E-state index contributed by atoms with van der Waals surface area (Å²) in [6.07, 6.45) is -9.19. The number of aromatic nitrogens is 8. The fourth-order valence-electron chi connectivity index (χ4n) is 9.46. The summed E-state index contributed by atoms with van der Waals surface area (Å²) >= 11 is 10.5. The van der Waals surface area contributed by atoms with Gasteiger partial charge in [-0.3, -0.25) is 51.8 Å². The minimum atomic E-state index is -4.42. The van der Waals surface area contributed by atoms with E-state index in [0.717, 1.165) is 28.4 Å². The number of imide groups is 1. The van der Waals surface area contributed by atoms with Gasteiger partial charge in [0.15, 0.2) is 59.0 Å². The molecule has 13 atom stereocenters. The Morgan fingerprint density at radius 3 is 1.96 bits per heavy atom. The molecule has 30 nitrogen and oxygen atoms in total. The van der Waals surface area contributed by atoms with E-state index in [2.05, 4.69) is 51.2 Å². The van der Waals surface area contributed by atoms with E-state index in [1.54, 1.807) is 20.8 Å². The standard InChI is InChI=1S/C44H59F2N15O15P2S2/c1-20(2)31(57-27(64)8-11-59-28(65)12-21(3)41(59)67)23(62)13-22(6-4-10-50-44(48)68)40(66)49-9-5-7-26(63)58-37-33-39(54-17-52-37)61(19-56-33)43-30(46)35-25(74-43)15-72-77(69,79)75-34-24(14-71-78(70,80)76-35)73-42(29(34)45)60-18-55-32-36(47)51-16-53-38(32)60/h16-22,24-25,29-31,34-35,42-43H,4-15H2,1-3H3,(H,49,66)(H,57,64)(H,69,79)(H,70,80)(H2,47,51,53)(H3,48,50,68)(H,52,54,58,63)/t21?,22-,24-,25-,29-,30-,31+,34-,35-,42-,43-,77?,78?/m1/s1. The first kappa shape index (κ1) is 60.3. The summed E-state index contributed by atoms with van der Waals surface area (Å²) in [4.78, 5) is 137. The topological polar surface area (TPSA) is 406 Å². The van der Waals surface area contributed by atoms with E-state index in [9.17, 15) is 43.3 Å². The number of hydrogen-bond donors (Lipinski definition) is 8. The monoisotopic (exact) mass is 1200 g/mol. The van der Waals surface area contributed by atoms with Crippen LogP contribution in [0.15, 0.2) is 25.3 Å². The molecule has 4 aliphatic rings. The molecule has 0 bridgehead atoms. The van der Waals surface area contributed by atoms with Crippen molar-refractivity contribution in [3.05, 3.63) is 25.3 Å². The molecule has 4 aromatic rings. The number of hydrogen-bond acceptors (Lipinski definition) is 22.